The fourth-order valence-corrected chi connectivity index (χ4v) is 2.35. The van der Waals surface area contributed by atoms with Gasteiger partial charge in [0.05, 0.1) is 5.02 Å². The number of carbonyl (C=O) groups excluding carboxylic acids is 1. The molecule has 0 aliphatic heterocycles. The van der Waals surface area contributed by atoms with Crippen molar-refractivity contribution in [1.29, 1.82) is 0 Å². The number of primary amides is 1. The molecule has 2 aromatic rings. The van der Waals surface area contributed by atoms with E-state index in [1.807, 2.05) is 0 Å². The smallest absolute Gasteiger partial charge is 0.480 e. The zero-order valence-electron chi connectivity index (χ0n) is 12.5. The first-order valence-electron chi connectivity index (χ1n) is 6.33. The van der Waals surface area contributed by atoms with Crippen LogP contribution in [0.4, 0.5) is 0 Å². The summed E-state index contributed by atoms with van der Waals surface area (Å²) in [6.07, 6.45) is 2.54. The van der Waals surface area contributed by atoms with Gasteiger partial charge in [-0.3, -0.25) is 0 Å². The van der Waals surface area contributed by atoms with Gasteiger partial charge in [-0.2, -0.15) is 0 Å². The van der Waals surface area contributed by atoms with Crippen molar-refractivity contribution in [1.82, 2.24) is 4.98 Å². The number of halogens is 2. The van der Waals surface area contributed by atoms with Crippen LogP contribution in [0.25, 0.3) is 11.3 Å². The van der Waals surface area contributed by atoms with E-state index in [2.05, 4.69) is 11.2 Å². The van der Waals surface area contributed by atoms with E-state index in [0.717, 1.165) is 0 Å². The monoisotopic (exact) mass is 442 g/mol. The molecule has 9 heteroatoms. The summed E-state index contributed by atoms with van der Waals surface area (Å²) >= 11 is 12.3. The Hall–Kier alpha value is -1.21. The zero-order valence-corrected chi connectivity index (χ0v) is 16.8. The van der Waals surface area contributed by atoms with Gasteiger partial charge in [0, 0.05) is 0 Å². The second-order valence-electron chi connectivity index (χ2n) is 4.60. The minimum Gasteiger partial charge on any atom is -0.480 e. The van der Waals surface area contributed by atoms with Gasteiger partial charge in [0.2, 0.25) is 0 Å². The molecule has 0 saturated heterocycles. The molecule has 120 valence electrons. The van der Waals surface area contributed by atoms with Crippen LogP contribution in [0.1, 0.15) is 15.9 Å². The van der Waals surface area contributed by atoms with E-state index in [1.165, 1.54) is 6.07 Å². The molecule has 0 fully saturated rings. The molecule has 0 radical (unpaired) electrons. The van der Waals surface area contributed by atoms with E-state index in [4.69, 9.17) is 38.8 Å². The van der Waals surface area contributed by atoms with Gasteiger partial charge in [0.15, 0.2) is 12.5 Å². The molecule has 0 bridgehead atoms. The number of nitrogens with zero attached hydrogens (tertiary/aromatic N) is 1. The number of carbonyl (C=O) groups is 2. The van der Waals surface area contributed by atoms with Crippen LogP contribution < -0.4 is 10.5 Å². The van der Waals surface area contributed by atoms with Crippen LogP contribution in [0.2, 0.25) is 10.0 Å². The molecule has 0 saturated carbocycles. The maximum atomic E-state index is 11.1. The summed E-state index contributed by atoms with van der Waals surface area (Å²) in [5.74, 6) is -1.61. The Morgan fingerprint density at radius 3 is 2.54 bits per heavy atom. The number of pyridine rings is 1. The van der Waals surface area contributed by atoms with Crippen molar-refractivity contribution in [2.45, 2.75) is 6.92 Å². The number of rotatable bonds is 5. The fourth-order valence-electron chi connectivity index (χ4n) is 1.89. The molecule has 24 heavy (non-hydrogen) atoms. The van der Waals surface area contributed by atoms with Crippen LogP contribution in [-0.4, -0.2) is 28.6 Å². The van der Waals surface area contributed by atoms with Crippen molar-refractivity contribution < 1.29 is 52.1 Å². The number of amides is 1. The molecule has 0 aliphatic rings. The summed E-state index contributed by atoms with van der Waals surface area (Å²) in [6, 6.07) is 4.64. The Bertz CT molecular complexity index is 799. The van der Waals surface area contributed by atoms with Crippen LogP contribution >= 0.6 is 23.2 Å². The minimum atomic E-state index is -1.13. The number of nitrogens with two attached hydrogens (primary N) is 1. The molecule has 1 aromatic heterocycles. The van der Waals surface area contributed by atoms with Gasteiger partial charge in [-0.15, -0.1) is 11.6 Å². The summed E-state index contributed by atoms with van der Waals surface area (Å²) in [5.41, 5.74) is 6.99. The maximum absolute atomic E-state index is 11.1. The largest absolute Gasteiger partial charge is 3.00 e. The molecule has 0 unspecified atom stereocenters. The van der Waals surface area contributed by atoms with Crippen LogP contribution in [-0.2, 0) is 37.5 Å². The molecule has 1 amide bonds. The van der Waals surface area contributed by atoms with Crippen molar-refractivity contribution in [2.24, 2.45) is 5.73 Å². The van der Waals surface area contributed by atoms with E-state index < -0.39 is 18.5 Å². The molecule has 0 aliphatic carbocycles. The quantitative estimate of drug-likeness (QED) is 0.693. The molecule has 2 rings (SSSR count). The number of benzene rings is 1. The van der Waals surface area contributed by atoms with Crippen molar-refractivity contribution in [2.75, 3.05) is 6.61 Å². The average molecular weight is 443 g/mol. The first-order valence-corrected chi connectivity index (χ1v) is 7.09. The average Bonchev–Trinajstić information content (AvgIpc) is 2.49. The number of aliphatic carboxylic acids is 1. The van der Waals surface area contributed by atoms with E-state index in [-0.39, 0.29) is 54.1 Å². The number of ether oxygens (including phenoxy) is 1. The third-order valence-corrected chi connectivity index (χ3v) is 3.81. The summed E-state index contributed by atoms with van der Waals surface area (Å²) < 4.78 is 5.05. The molecule has 0 spiro atoms. The number of carboxylic acid groups (broad SMARTS) is 1. The van der Waals surface area contributed by atoms with Crippen LogP contribution in [0.3, 0.4) is 0 Å². The normalized spacial score (nSPS) is 9.96. The Kier molecular flexibility index (Phi) is 7.61. The van der Waals surface area contributed by atoms with Gasteiger partial charge in [-0.25, -0.2) is 4.79 Å². The molecule has 6 nitrogen and oxygen atoms in total. The Morgan fingerprint density at radius 2 is 2.00 bits per heavy atom. The van der Waals surface area contributed by atoms with Crippen molar-refractivity contribution >= 4 is 35.1 Å². The van der Waals surface area contributed by atoms with Crippen molar-refractivity contribution in [3.63, 3.8) is 0 Å². The molecule has 1 aromatic carbocycles. The van der Waals surface area contributed by atoms with E-state index >= 15 is 0 Å². The van der Waals surface area contributed by atoms with Gasteiger partial charge in [0.25, 0.3) is 0 Å². The number of carboxylic acids is 1. The number of hydrogen-bond donors (Lipinski definition) is 2. The summed E-state index contributed by atoms with van der Waals surface area (Å²) in [5, 5.41) is 8.85. The van der Waals surface area contributed by atoms with Crippen LogP contribution in [0, 0.1) is 13.1 Å². The summed E-state index contributed by atoms with van der Waals surface area (Å²) in [6.45, 7) is 1.20. The van der Waals surface area contributed by atoms with Gasteiger partial charge in [-0.05, 0) is 23.5 Å². The third kappa shape index (κ3) is 4.66. The topological polar surface area (TPSA) is 103 Å². The Balaban J connectivity index is 0.00000288. The standard InChI is InChI=1S/C15H11Cl2N2O4.Y/c1-7-4-8(15(18)22)5-19-14(7)9-2-3-10(13(17)12(9)16)23-6-11(20)21;/h2-4H,6H2,1H3,(H2,18,22)(H,20,21);/q-1;+3. The van der Waals surface area contributed by atoms with Crippen LogP contribution in [0.5, 0.6) is 5.75 Å². The molecular formula is C15H11Cl2N2O4Y+2. The van der Waals surface area contributed by atoms with E-state index in [9.17, 15) is 9.59 Å². The fraction of sp³-hybridized carbons (Fsp3) is 0.133. The van der Waals surface area contributed by atoms with Gasteiger partial charge in [0.1, 0.15) is 10.8 Å². The molecule has 3 N–H and O–H groups in total. The number of aryl methyl sites for hydroxylation is 1. The van der Waals surface area contributed by atoms with E-state index in [0.29, 0.717) is 16.8 Å². The first-order chi connectivity index (χ1) is 10.8. The number of hydrogen-bond acceptors (Lipinski definition) is 4. The van der Waals surface area contributed by atoms with Crippen molar-refractivity contribution in [3.8, 4) is 17.0 Å². The Morgan fingerprint density at radius 1 is 1.33 bits per heavy atom. The van der Waals surface area contributed by atoms with Gasteiger partial charge in [-0.1, -0.05) is 41.8 Å². The second-order valence-corrected chi connectivity index (χ2v) is 5.36. The molecule has 0 atom stereocenters. The van der Waals surface area contributed by atoms with Crippen molar-refractivity contribution in [3.05, 3.63) is 45.6 Å². The third-order valence-electron chi connectivity index (χ3n) is 2.94. The summed E-state index contributed by atoms with van der Waals surface area (Å²) in [4.78, 5) is 25.7. The Labute approximate surface area is 173 Å². The molecule has 1 heterocycles. The van der Waals surface area contributed by atoms with Gasteiger partial charge >= 0.3 is 38.7 Å². The number of aromatic nitrogens is 1. The second kappa shape index (κ2) is 8.76. The zero-order chi connectivity index (χ0) is 17.1. The maximum Gasteiger partial charge on any atom is 3.00 e. The SMILES string of the molecule is Cc1cc(C(N)=O)[c-]nc1-c1ccc(OCC(=O)O)c(Cl)c1Cl.[Y+3]. The first kappa shape index (κ1) is 20.8. The van der Waals surface area contributed by atoms with E-state index in [1.54, 1.807) is 19.1 Å². The minimum absolute atomic E-state index is 0. The van der Waals surface area contributed by atoms with Crippen LogP contribution in [0.15, 0.2) is 18.2 Å². The molecular weight excluding hydrogens is 432 g/mol. The van der Waals surface area contributed by atoms with Gasteiger partial charge < -0.3 is 25.4 Å². The predicted molar refractivity (Wildman–Crippen MR) is 84.9 cm³/mol. The predicted octanol–water partition coefficient (Wildman–Crippen LogP) is 2.72. The summed E-state index contributed by atoms with van der Waals surface area (Å²) in [7, 11) is 0.